The molecule has 0 spiro atoms. The van der Waals surface area contributed by atoms with Crippen molar-refractivity contribution in [3.63, 3.8) is 0 Å². The Hall–Kier alpha value is -0.800. The summed E-state index contributed by atoms with van der Waals surface area (Å²) in [5.41, 5.74) is 2.14. The van der Waals surface area contributed by atoms with Crippen molar-refractivity contribution in [2.24, 2.45) is 5.92 Å². The van der Waals surface area contributed by atoms with Crippen LogP contribution in [0.1, 0.15) is 11.1 Å². The number of hydrogen-bond donors (Lipinski definition) is 1. The lowest BCUT2D eigenvalue weighted by Gasteiger charge is -2.06. The van der Waals surface area contributed by atoms with Crippen molar-refractivity contribution in [1.29, 1.82) is 0 Å². The van der Waals surface area contributed by atoms with Gasteiger partial charge in [0.15, 0.2) is 0 Å². The molecule has 0 saturated carbocycles. The van der Waals surface area contributed by atoms with Crippen molar-refractivity contribution in [2.75, 3.05) is 13.7 Å². The number of aliphatic hydroxyl groups excluding tert-OH is 1. The van der Waals surface area contributed by atoms with Crippen LogP contribution in [0.4, 0.5) is 0 Å². The molecular weight excluding hydrogens is 202 g/mol. The molecule has 0 amide bonds. The van der Waals surface area contributed by atoms with E-state index in [9.17, 15) is 0 Å². The van der Waals surface area contributed by atoms with Crippen molar-refractivity contribution >= 4 is 11.6 Å². The summed E-state index contributed by atoms with van der Waals surface area (Å²) in [6, 6.07) is 0. The molecule has 3 nitrogen and oxygen atoms in total. The maximum atomic E-state index is 9.09. The number of pyridine rings is 1. The first-order valence-corrected chi connectivity index (χ1v) is 4.95. The second kappa shape index (κ2) is 3.75. The highest BCUT2D eigenvalue weighted by molar-refractivity contribution is 6.30. The molecule has 14 heavy (non-hydrogen) atoms. The van der Waals surface area contributed by atoms with Crippen LogP contribution in [0.5, 0.6) is 5.75 Å². The van der Waals surface area contributed by atoms with E-state index in [2.05, 4.69) is 4.98 Å². The van der Waals surface area contributed by atoms with Crippen molar-refractivity contribution < 1.29 is 9.84 Å². The van der Waals surface area contributed by atoms with Gasteiger partial charge in [0.2, 0.25) is 0 Å². The lowest BCUT2D eigenvalue weighted by molar-refractivity contribution is 0.232. The van der Waals surface area contributed by atoms with E-state index in [1.807, 2.05) is 0 Å². The predicted octanol–water partition coefficient (Wildman–Crippen LogP) is 1.45. The zero-order valence-corrected chi connectivity index (χ0v) is 8.71. The van der Waals surface area contributed by atoms with Gasteiger partial charge in [-0.2, -0.15) is 0 Å². The van der Waals surface area contributed by atoms with E-state index in [-0.39, 0.29) is 12.5 Å². The van der Waals surface area contributed by atoms with Crippen LogP contribution in [0.3, 0.4) is 0 Å². The second-order valence-electron chi connectivity index (χ2n) is 3.53. The van der Waals surface area contributed by atoms with Crippen molar-refractivity contribution in [3.05, 3.63) is 22.5 Å². The van der Waals surface area contributed by atoms with Gasteiger partial charge in [-0.05, 0) is 24.3 Å². The zero-order valence-electron chi connectivity index (χ0n) is 7.96. The minimum atomic E-state index is 0.189. The molecule has 0 bridgehead atoms. The van der Waals surface area contributed by atoms with E-state index >= 15 is 0 Å². The van der Waals surface area contributed by atoms with Gasteiger partial charge in [-0.25, -0.2) is 4.98 Å². The highest BCUT2D eigenvalue weighted by Crippen LogP contribution is 2.36. The van der Waals surface area contributed by atoms with Crippen molar-refractivity contribution in [1.82, 2.24) is 4.98 Å². The van der Waals surface area contributed by atoms with Crippen LogP contribution in [0.2, 0.25) is 5.15 Å². The molecule has 1 heterocycles. The zero-order chi connectivity index (χ0) is 10.1. The van der Waals surface area contributed by atoms with Crippen LogP contribution in [-0.4, -0.2) is 23.8 Å². The minimum Gasteiger partial charge on any atom is -0.495 e. The third-order valence-electron chi connectivity index (χ3n) is 2.67. The molecule has 1 aromatic rings. The standard InChI is InChI=1S/C10H12ClNO2/c1-14-9-4-12-10(11)8-3-6(5-13)2-7(8)9/h4,6,13H,2-3,5H2,1H3. The molecule has 0 saturated heterocycles. The number of hydrogen-bond acceptors (Lipinski definition) is 3. The summed E-state index contributed by atoms with van der Waals surface area (Å²) in [6.45, 7) is 0.189. The summed E-state index contributed by atoms with van der Waals surface area (Å²) >= 11 is 5.97. The maximum absolute atomic E-state index is 9.09. The summed E-state index contributed by atoms with van der Waals surface area (Å²) < 4.78 is 5.20. The van der Waals surface area contributed by atoms with Crippen LogP contribution in [0.25, 0.3) is 0 Å². The fourth-order valence-electron chi connectivity index (χ4n) is 1.93. The summed E-state index contributed by atoms with van der Waals surface area (Å²) in [4.78, 5) is 4.05. The molecule has 1 aliphatic carbocycles. The van der Waals surface area contributed by atoms with Crippen LogP contribution in [0, 0.1) is 5.92 Å². The molecule has 0 fully saturated rings. The highest BCUT2D eigenvalue weighted by atomic mass is 35.5. The van der Waals surface area contributed by atoms with Crippen LogP contribution < -0.4 is 4.74 Å². The average molecular weight is 214 g/mol. The SMILES string of the molecule is COc1cnc(Cl)c2c1CC(CO)C2. The summed E-state index contributed by atoms with van der Waals surface area (Å²) in [5, 5.41) is 9.63. The Kier molecular flexibility index (Phi) is 2.61. The number of halogens is 1. The molecule has 76 valence electrons. The fourth-order valence-corrected chi connectivity index (χ4v) is 2.17. The lowest BCUT2D eigenvalue weighted by atomic mass is 10.1. The first kappa shape index (κ1) is 9.74. The Balaban J connectivity index is 2.42. The quantitative estimate of drug-likeness (QED) is 0.757. The fraction of sp³-hybridized carbons (Fsp3) is 0.500. The first-order chi connectivity index (χ1) is 6.76. The van der Waals surface area contributed by atoms with Crippen molar-refractivity contribution in [2.45, 2.75) is 12.8 Å². The van der Waals surface area contributed by atoms with Gasteiger partial charge in [-0.15, -0.1) is 0 Å². The highest BCUT2D eigenvalue weighted by Gasteiger charge is 2.26. The molecule has 0 aliphatic heterocycles. The molecule has 1 atom stereocenters. The van der Waals surface area contributed by atoms with Crippen molar-refractivity contribution in [3.8, 4) is 5.75 Å². The Morgan fingerprint density at radius 1 is 1.57 bits per heavy atom. The van der Waals surface area contributed by atoms with E-state index in [1.54, 1.807) is 13.3 Å². The van der Waals surface area contributed by atoms with Gasteiger partial charge < -0.3 is 9.84 Å². The Bertz CT molecular complexity index is 354. The van der Waals surface area contributed by atoms with Gasteiger partial charge in [0.25, 0.3) is 0 Å². The number of aromatic nitrogens is 1. The van der Waals surface area contributed by atoms with E-state index in [0.29, 0.717) is 5.15 Å². The number of aliphatic hydroxyl groups is 1. The molecule has 1 aliphatic rings. The Morgan fingerprint density at radius 2 is 2.29 bits per heavy atom. The lowest BCUT2D eigenvalue weighted by Crippen LogP contribution is -2.04. The van der Waals surface area contributed by atoms with E-state index in [0.717, 1.165) is 29.7 Å². The van der Waals surface area contributed by atoms with Crippen LogP contribution >= 0.6 is 11.6 Å². The topological polar surface area (TPSA) is 42.4 Å². The monoisotopic (exact) mass is 213 g/mol. The maximum Gasteiger partial charge on any atom is 0.140 e. The van der Waals surface area contributed by atoms with Gasteiger partial charge in [-0.3, -0.25) is 0 Å². The number of rotatable bonds is 2. The average Bonchev–Trinajstić information content (AvgIpc) is 2.63. The number of methoxy groups -OCH3 is 1. The van der Waals surface area contributed by atoms with Gasteiger partial charge in [-0.1, -0.05) is 11.6 Å². The number of ether oxygens (including phenoxy) is 1. The van der Waals surface area contributed by atoms with Gasteiger partial charge in [0.1, 0.15) is 10.9 Å². The summed E-state index contributed by atoms with van der Waals surface area (Å²) in [6.07, 6.45) is 3.27. The van der Waals surface area contributed by atoms with E-state index < -0.39 is 0 Å². The van der Waals surface area contributed by atoms with Crippen LogP contribution in [-0.2, 0) is 12.8 Å². The molecular formula is C10H12ClNO2. The Labute approximate surface area is 87.7 Å². The molecule has 2 rings (SSSR count). The smallest absolute Gasteiger partial charge is 0.140 e. The minimum absolute atomic E-state index is 0.189. The van der Waals surface area contributed by atoms with E-state index in [1.165, 1.54) is 0 Å². The van der Waals surface area contributed by atoms with Gasteiger partial charge >= 0.3 is 0 Å². The largest absolute Gasteiger partial charge is 0.495 e. The summed E-state index contributed by atoms with van der Waals surface area (Å²) in [7, 11) is 1.62. The van der Waals surface area contributed by atoms with Gasteiger partial charge in [0.05, 0.1) is 13.3 Å². The van der Waals surface area contributed by atoms with E-state index in [4.69, 9.17) is 21.4 Å². The van der Waals surface area contributed by atoms with Crippen LogP contribution in [0.15, 0.2) is 6.20 Å². The molecule has 0 radical (unpaired) electrons. The second-order valence-corrected chi connectivity index (χ2v) is 3.89. The van der Waals surface area contributed by atoms with Gasteiger partial charge in [0, 0.05) is 12.2 Å². The number of fused-ring (bicyclic) bond motifs is 1. The normalized spacial score (nSPS) is 19.5. The molecule has 4 heteroatoms. The summed E-state index contributed by atoms with van der Waals surface area (Å²) in [5.74, 6) is 1.04. The predicted molar refractivity (Wildman–Crippen MR) is 53.8 cm³/mol. The number of nitrogens with zero attached hydrogens (tertiary/aromatic N) is 1. The molecule has 0 aromatic carbocycles. The Morgan fingerprint density at radius 3 is 2.93 bits per heavy atom. The third kappa shape index (κ3) is 1.47. The molecule has 1 N–H and O–H groups in total. The first-order valence-electron chi connectivity index (χ1n) is 4.57. The third-order valence-corrected chi connectivity index (χ3v) is 3.00. The molecule has 1 unspecified atom stereocenters. The molecule has 1 aromatic heterocycles.